The summed E-state index contributed by atoms with van der Waals surface area (Å²) in [5.74, 6) is 0.157. The van der Waals surface area contributed by atoms with Gasteiger partial charge in [0.1, 0.15) is 0 Å². The molecule has 0 radical (unpaired) electrons. The van der Waals surface area contributed by atoms with E-state index in [0.29, 0.717) is 0 Å². The third-order valence-electron chi connectivity index (χ3n) is 5.02. The van der Waals surface area contributed by atoms with Crippen LogP contribution in [0.3, 0.4) is 0 Å². The van der Waals surface area contributed by atoms with Crippen LogP contribution >= 0.6 is 22.6 Å². The second-order valence-corrected chi connectivity index (χ2v) is 7.79. The Morgan fingerprint density at radius 2 is 1.67 bits per heavy atom. The number of rotatable bonds is 3. The summed E-state index contributed by atoms with van der Waals surface area (Å²) < 4.78 is 1.02. The van der Waals surface area contributed by atoms with E-state index in [9.17, 15) is 4.79 Å². The Morgan fingerprint density at radius 3 is 2.38 bits per heavy atom. The Labute approximate surface area is 156 Å². The standard InChI is InChI=1S/C20H21IN2O/c21-18-9-5-4-8-17(18)20(24)23-13-12-22(16-10-11-16)14-19(23)15-6-2-1-3-7-15/h1-9,16,19H,10-14H2. The van der Waals surface area contributed by atoms with Crippen LogP contribution in [0.4, 0.5) is 0 Å². The molecule has 1 atom stereocenters. The smallest absolute Gasteiger partial charge is 0.255 e. The molecule has 1 saturated carbocycles. The summed E-state index contributed by atoms with van der Waals surface area (Å²) in [5.41, 5.74) is 2.06. The lowest BCUT2D eigenvalue weighted by Gasteiger charge is -2.42. The zero-order chi connectivity index (χ0) is 16.5. The Bertz CT molecular complexity index is 729. The highest BCUT2D eigenvalue weighted by Crippen LogP contribution is 2.34. The molecule has 0 aromatic heterocycles. The predicted octanol–water partition coefficient (Wildman–Crippen LogP) is 3.95. The zero-order valence-corrected chi connectivity index (χ0v) is 15.7. The quantitative estimate of drug-likeness (QED) is 0.686. The molecule has 1 heterocycles. The molecule has 2 aromatic rings. The van der Waals surface area contributed by atoms with Crippen LogP contribution in [0.15, 0.2) is 54.6 Å². The molecule has 0 bridgehead atoms. The van der Waals surface area contributed by atoms with Crippen LogP contribution in [0.5, 0.6) is 0 Å². The van der Waals surface area contributed by atoms with Crippen molar-refractivity contribution < 1.29 is 4.79 Å². The molecule has 3 nitrogen and oxygen atoms in total. The summed E-state index contributed by atoms with van der Waals surface area (Å²) in [7, 11) is 0. The number of piperazine rings is 1. The first-order valence-electron chi connectivity index (χ1n) is 8.58. The average molecular weight is 432 g/mol. The van der Waals surface area contributed by atoms with Crippen molar-refractivity contribution in [2.24, 2.45) is 0 Å². The van der Waals surface area contributed by atoms with Gasteiger partial charge in [-0.2, -0.15) is 0 Å². The van der Waals surface area contributed by atoms with Gasteiger partial charge in [-0.15, -0.1) is 0 Å². The van der Waals surface area contributed by atoms with E-state index in [1.807, 2.05) is 30.3 Å². The number of benzene rings is 2. The molecular weight excluding hydrogens is 411 g/mol. The van der Waals surface area contributed by atoms with Gasteiger partial charge in [-0.3, -0.25) is 9.69 Å². The zero-order valence-electron chi connectivity index (χ0n) is 13.6. The molecule has 4 heteroatoms. The minimum Gasteiger partial charge on any atom is -0.329 e. The highest BCUT2D eigenvalue weighted by Gasteiger charge is 2.38. The van der Waals surface area contributed by atoms with Crippen LogP contribution in [-0.2, 0) is 0 Å². The Balaban J connectivity index is 1.64. The fraction of sp³-hybridized carbons (Fsp3) is 0.350. The molecule has 1 aliphatic carbocycles. The minimum absolute atomic E-state index is 0.143. The molecule has 1 aliphatic heterocycles. The molecule has 2 aromatic carbocycles. The van der Waals surface area contributed by atoms with Crippen LogP contribution in [0.1, 0.15) is 34.8 Å². The number of hydrogen-bond acceptors (Lipinski definition) is 2. The van der Waals surface area contributed by atoms with E-state index in [1.54, 1.807) is 0 Å². The van der Waals surface area contributed by atoms with E-state index < -0.39 is 0 Å². The van der Waals surface area contributed by atoms with Crippen molar-refractivity contribution in [3.05, 3.63) is 69.3 Å². The van der Waals surface area contributed by atoms with Gasteiger partial charge in [0.05, 0.1) is 11.6 Å². The third kappa shape index (κ3) is 3.22. The average Bonchev–Trinajstić information content (AvgIpc) is 3.47. The number of amides is 1. The van der Waals surface area contributed by atoms with E-state index in [-0.39, 0.29) is 11.9 Å². The summed E-state index contributed by atoms with van der Waals surface area (Å²) in [6.45, 7) is 2.74. The molecule has 2 aliphatic rings. The second kappa shape index (κ2) is 6.84. The topological polar surface area (TPSA) is 23.6 Å². The molecule has 0 spiro atoms. The third-order valence-corrected chi connectivity index (χ3v) is 5.97. The van der Waals surface area contributed by atoms with Gasteiger partial charge in [-0.25, -0.2) is 0 Å². The number of nitrogens with zero attached hydrogens (tertiary/aromatic N) is 2. The van der Waals surface area contributed by atoms with Crippen LogP contribution in [0.2, 0.25) is 0 Å². The largest absolute Gasteiger partial charge is 0.329 e. The normalized spacial score (nSPS) is 21.7. The SMILES string of the molecule is O=C(c1ccccc1I)N1CCN(C2CC2)CC1c1ccccc1. The molecule has 2 fully saturated rings. The van der Waals surface area contributed by atoms with Crippen molar-refractivity contribution in [3.63, 3.8) is 0 Å². The molecule has 1 unspecified atom stereocenters. The molecule has 0 N–H and O–H groups in total. The van der Waals surface area contributed by atoms with Gasteiger partial charge in [0.15, 0.2) is 0 Å². The number of carbonyl (C=O) groups excluding carboxylic acids is 1. The second-order valence-electron chi connectivity index (χ2n) is 6.63. The van der Waals surface area contributed by atoms with Gasteiger partial charge >= 0.3 is 0 Å². The van der Waals surface area contributed by atoms with Crippen molar-refractivity contribution in [1.29, 1.82) is 0 Å². The van der Waals surface area contributed by atoms with Crippen LogP contribution < -0.4 is 0 Å². The Hall–Kier alpha value is -1.40. The Kier molecular flexibility index (Phi) is 4.59. The lowest BCUT2D eigenvalue weighted by molar-refractivity contribution is 0.0432. The molecule has 24 heavy (non-hydrogen) atoms. The maximum atomic E-state index is 13.2. The highest BCUT2D eigenvalue weighted by molar-refractivity contribution is 14.1. The van der Waals surface area contributed by atoms with Gasteiger partial charge in [0, 0.05) is 29.2 Å². The van der Waals surface area contributed by atoms with Crippen molar-refractivity contribution >= 4 is 28.5 Å². The van der Waals surface area contributed by atoms with E-state index in [1.165, 1.54) is 18.4 Å². The van der Waals surface area contributed by atoms with Crippen molar-refractivity contribution in [1.82, 2.24) is 9.80 Å². The number of carbonyl (C=O) groups is 1. The van der Waals surface area contributed by atoms with Gasteiger partial charge in [-0.1, -0.05) is 42.5 Å². The van der Waals surface area contributed by atoms with Crippen molar-refractivity contribution in [2.45, 2.75) is 24.9 Å². The maximum Gasteiger partial charge on any atom is 0.255 e. The number of halogens is 1. The summed E-state index contributed by atoms with van der Waals surface area (Å²) >= 11 is 2.26. The lowest BCUT2D eigenvalue weighted by Crippen LogP contribution is -2.51. The van der Waals surface area contributed by atoms with E-state index >= 15 is 0 Å². The van der Waals surface area contributed by atoms with Gasteiger partial charge < -0.3 is 4.90 Å². The predicted molar refractivity (Wildman–Crippen MR) is 104 cm³/mol. The summed E-state index contributed by atoms with van der Waals surface area (Å²) in [6, 6.07) is 19.2. The van der Waals surface area contributed by atoms with Crippen LogP contribution in [-0.4, -0.2) is 41.4 Å². The van der Waals surface area contributed by atoms with Gasteiger partial charge in [-0.05, 0) is 53.1 Å². The van der Waals surface area contributed by atoms with E-state index in [0.717, 1.165) is 34.8 Å². The number of hydrogen-bond donors (Lipinski definition) is 0. The highest BCUT2D eigenvalue weighted by atomic mass is 127. The first kappa shape index (κ1) is 16.1. The molecular formula is C20H21IN2O. The molecule has 1 saturated heterocycles. The lowest BCUT2D eigenvalue weighted by atomic mass is 10.0. The molecule has 4 rings (SSSR count). The maximum absolute atomic E-state index is 13.2. The minimum atomic E-state index is 0.143. The van der Waals surface area contributed by atoms with Crippen LogP contribution in [0.25, 0.3) is 0 Å². The van der Waals surface area contributed by atoms with E-state index in [2.05, 4.69) is 56.7 Å². The van der Waals surface area contributed by atoms with Crippen molar-refractivity contribution in [2.75, 3.05) is 19.6 Å². The Morgan fingerprint density at radius 1 is 0.958 bits per heavy atom. The fourth-order valence-corrected chi connectivity index (χ4v) is 4.19. The summed E-state index contributed by atoms with van der Waals surface area (Å²) in [5, 5.41) is 0. The molecule has 124 valence electrons. The van der Waals surface area contributed by atoms with E-state index in [4.69, 9.17) is 0 Å². The molecule has 1 amide bonds. The monoisotopic (exact) mass is 432 g/mol. The first-order valence-corrected chi connectivity index (χ1v) is 9.66. The summed E-state index contributed by atoms with van der Waals surface area (Å²) in [4.78, 5) is 17.8. The van der Waals surface area contributed by atoms with Gasteiger partial charge in [0.25, 0.3) is 5.91 Å². The van der Waals surface area contributed by atoms with Gasteiger partial charge in [0.2, 0.25) is 0 Å². The summed E-state index contributed by atoms with van der Waals surface area (Å²) in [6.07, 6.45) is 2.62. The van der Waals surface area contributed by atoms with Crippen molar-refractivity contribution in [3.8, 4) is 0 Å². The first-order chi connectivity index (χ1) is 11.7. The van der Waals surface area contributed by atoms with Crippen LogP contribution in [0, 0.1) is 3.57 Å². The fourth-order valence-electron chi connectivity index (χ4n) is 3.57.